The Morgan fingerprint density at radius 1 is 1.17 bits per heavy atom. The second-order valence-electron chi connectivity index (χ2n) is 6.69. The number of nitrogens with one attached hydrogen (secondary N) is 1. The maximum absolute atomic E-state index is 12.1. The molecule has 7 nitrogen and oxygen atoms in total. The SMILES string of the molecule is CC(C)CN1C(=O)C(=O)N(CC(=O)NCCC2=CCCCC2)C1=O. The van der Waals surface area contributed by atoms with Gasteiger partial charge in [-0.15, -0.1) is 0 Å². The van der Waals surface area contributed by atoms with Crippen molar-refractivity contribution >= 4 is 23.8 Å². The van der Waals surface area contributed by atoms with Crippen LogP contribution in [0.4, 0.5) is 4.79 Å². The Bertz CT molecular complexity index is 568. The summed E-state index contributed by atoms with van der Waals surface area (Å²) in [6, 6.07) is -0.705. The van der Waals surface area contributed by atoms with Gasteiger partial charge in [0.15, 0.2) is 0 Å². The third-order valence-electron chi connectivity index (χ3n) is 4.14. The molecule has 1 saturated heterocycles. The molecule has 2 rings (SSSR count). The third-order valence-corrected chi connectivity index (χ3v) is 4.14. The van der Waals surface area contributed by atoms with E-state index in [0.717, 1.165) is 29.1 Å². The lowest BCUT2D eigenvalue weighted by Gasteiger charge is -2.17. The molecule has 1 heterocycles. The van der Waals surface area contributed by atoms with Gasteiger partial charge in [-0.3, -0.25) is 19.3 Å². The number of allylic oxidation sites excluding steroid dienone is 1. The van der Waals surface area contributed by atoms with Gasteiger partial charge in [-0.05, 0) is 38.0 Å². The van der Waals surface area contributed by atoms with Crippen LogP contribution >= 0.6 is 0 Å². The van der Waals surface area contributed by atoms with Gasteiger partial charge in [-0.25, -0.2) is 9.69 Å². The lowest BCUT2D eigenvalue weighted by atomic mass is 9.97. The number of hydrogen-bond donors (Lipinski definition) is 1. The number of imide groups is 2. The highest BCUT2D eigenvalue weighted by atomic mass is 16.2. The zero-order chi connectivity index (χ0) is 17.7. The van der Waals surface area contributed by atoms with Gasteiger partial charge < -0.3 is 5.32 Å². The minimum absolute atomic E-state index is 0.0586. The first-order chi connectivity index (χ1) is 11.4. The number of amides is 5. The average Bonchev–Trinajstić information content (AvgIpc) is 2.73. The molecule has 1 fully saturated rings. The molecule has 1 N–H and O–H groups in total. The van der Waals surface area contributed by atoms with Crippen LogP contribution in [0.3, 0.4) is 0 Å². The van der Waals surface area contributed by atoms with Crippen LogP contribution in [-0.4, -0.2) is 53.2 Å². The van der Waals surface area contributed by atoms with Crippen LogP contribution in [-0.2, 0) is 14.4 Å². The molecule has 0 radical (unpaired) electrons. The van der Waals surface area contributed by atoms with E-state index in [1.807, 2.05) is 13.8 Å². The Balaban J connectivity index is 1.82. The molecule has 1 aliphatic carbocycles. The molecule has 7 heteroatoms. The van der Waals surface area contributed by atoms with Crippen molar-refractivity contribution in [2.45, 2.75) is 46.0 Å². The zero-order valence-corrected chi connectivity index (χ0v) is 14.3. The molecule has 1 aliphatic heterocycles. The summed E-state index contributed by atoms with van der Waals surface area (Å²) in [5, 5.41) is 2.71. The highest BCUT2D eigenvalue weighted by Crippen LogP contribution is 2.19. The minimum atomic E-state index is -0.925. The lowest BCUT2D eigenvalue weighted by molar-refractivity contribution is -0.144. The summed E-state index contributed by atoms with van der Waals surface area (Å²) in [4.78, 5) is 49.5. The van der Waals surface area contributed by atoms with E-state index in [1.165, 1.54) is 18.4 Å². The Morgan fingerprint density at radius 2 is 1.88 bits per heavy atom. The second kappa shape index (κ2) is 8.08. The van der Waals surface area contributed by atoms with E-state index in [2.05, 4.69) is 11.4 Å². The Morgan fingerprint density at radius 3 is 2.50 bits per heavy atom. The monoisotopic (exact) mass is 335 g/mol. The molecule has 0 unspecified atom stereocenters. The molecule has 0 atom stereocenters. The van der Waals surface area contributed by atoms with Crippen LogP contribution < -0.4 is 5.32 Å². The second-order valence-corrected chi connectivity index (χ2v) is 6.69. The molecule has 24 heavy (non-hydrogen) atoms. The summed E-state index contributed by atoms with van der Waals surface area (Å²) < 4.78 is 0. The van der Waals surface area contributed by atoms with Crippen molar-refractivity contribution < 1.29 is 19.2 Å². The normalized spacial score (nSPS) is 18.5. The molecule has 0 aromatic rings. The highest BCUT2D eigenvalue weighted by molar-refractivity contribution is 6.45. The van der Waals surface area contributed by atoms with Gasteiger partial charge >= 0.3 is 17.8 Å². The molecule has 0 bridgehead atoms. The predicted octanol–water partition coefficient (Wildman–Crippen LogP) is 1.44. The Labute approximate surface area is 142 Å². The van der Waals surface area contributed by atoms with Gasteiger partial charge in [-0.2, -0.15) is 0 Å². The molecule has 0 saturated carbocycles. The smallest absolute Gasteiger partial charge is 0.334 e. The van der Waals surface area contributed by atoms with Crippen molar-refractivity contribution in [3.8, 4) is 0 Å². The van der Waals surface area contributed by atoms with Crippen LogP contribution in [0.5, 0.6) is 0 Å². The van der Waals surface area contributed by atoms with Crippen LogP contribution in [0.25, 0.3) is 0 Å². The van der Waals surface area contributed by atoms with E-state index in [-0.39, 0.29) is 12.5 Å². The van der Waals surface area contributed by atoms with Gasteiger partial charge in [0.2, 0.25) is 5.91 Å². The van der Waals surface area contributed by atoms with Gasteiger partial charge in [0.1, 0.15) is 6.54 Å². The number of nitrogens with zero attached hydrogens (tertiary/aromatic N) is 2. The Kier molecular flexibility index (Phi) is 6.11. The van der Waals surface area contributed by atoms with Gasteiger partial charge in [0, 0.05) is 13.1 Å². The van der Waals surface area contributed by atoms with Crippen molar-refractivity contribution in [3.05, 3.63) is 11.6 Å². The van der Waals surface area contributed by atoms with Crippen molar-refractivity contribution in [2.24, 2.45) is 5.92 Å². The predicted molar refractivity (Wildman–Crippen MR) is 87.8 cm³/mol. The first-order valence-electron chi connectivity index (χ1n) is 8.52. The van der Waals surface area contributed by atoms with Crippen molar-refractivity contribution in [2.75, 3.05) is 19.6 Å². The maximum atomic E-state index is 12.1. The molecule has 132 valence electrons. The van der Waals surface area contributed by atoms with Crippen molar-refractivity contribution in [1.82, 2.24) is 15.1 Å². The molecule has 2 aliphatic rings. The molecule has 5 amide bonds. The van der Waals surface area contributed by atoms with E-state index in [4.69, 9.17) is 0 Å². The van der Waals surface area contributed by atoms with E-state index in [1.54, 1.807) is 0 Å². The van der Waals surface area contributed by atoms with Gasteiger partial charge in [0.25, 0.3) is 0 Å². The van der Waals surface area contributed by atoms with Crippen LogP contribution in [0, 0.1) is 5.92 Å². The summed E-state index contributed by atoms with van der Waals surface area (Å²) in [6.45, 7) is 3.94. The fourth-order valence-electron chi connectivity index (χ4n) is 2.91. The van der Waals surface area contributed by atoms with E-state index in [9.17, 15) is 19.2 Å². The standard InChI is InChI=1S/C17H25N3O4/c1-12(2)10-19-15(22)16(23)20(17(19)24)11-14(21)18-9-8-13-6-4-3-5-7-13/h6,12H,3-5,7-11H2,1-2H3,(H,18,21). The molecular weight excluding hydrogens is 310 g/mol. The number of carbonyl (C=O) groups excluding carboxylic acids is 4. The summed E-state index contributed by atoms with van der Waals surface area (Å²) >= 11 is 0. The molecular formula is C17H25N3O4. The van der Waals surface area contributed by atoms with E-state index in [0.29, 0.717) is 6.54 Å². The zero-order valence-electron chi connectivity index (χ0n) is 14.3. The summed E-state index contributed by atoms with van der Waals surface area (Å²) in [7, 11) is 0. The summed E-state index contributed by atoms with van der Waals surface area (Å²) in [5.41, 5.74) is 1.34. The number of urea groups is 1. The van der Waals surface area contributed by atoms with Crippen molar-refractivity contribution in [3.63, 3.8) is 0 Å². The quantitative estimate of drug-likeness (QED) is 0.433. The van der Waals surface area contributed by atoms with Gasteiger partial charge in [0.05, 0.1) is 0 Å². The lowest BCUT2D eigenvalue weighted by Crippen LogP contribution is -2.42. The maximum Gasteiger partial charge on any atom is 0.334 e. The number of carbonyl (C=O) groups is 4. The number of hydrogen-bond acceptors (Lipinski definition) is 4. The average molecular weight is 335 g/mol. The molecule has 0 spiro atoms. The minimum Gasteiger partial charge on any atom is -0.354 e. The van der Waals surface area contributed by atoms with Crippen molar-refractivity contribution in [1.29, 1.82) is 0 Å². The summed E-state index contributed by atoms with van der Waals surface area (Å²) in [6.07, 6.45) is 7.56. The fourth-order valence-corrected chi connectivity index (χ4v) is 2.91. The highest BCUT2D eigenvalue weighted by Gasteiger charge is 2.45. The summed E-state index contributed by atoms with van der Waals surface area (Å²) in [5.74, 6) is -2.14. The first-order valence-corrected chi connectivity index (χ1v) is 8.52. The largest absolute Gasteiger partial charge is 0.354 e. The van der Waals surface area contributed by atoms with Crippen LogP contribution in [0.15, 0.2) is 11.6 Å². The van der Waals surface area contributed by atoms with Crippen LogP contribution in [0.1, 0.15) is 46.0 Å². The number of rotatable bonds is 7. The fraction of sp³-hybridized carbons (Fsp3) is 0.647. The van der Waals surface area contributed by atoms with Gasteiger partial charge in [-0.1, -0.05) is 25.5 Å². The van der Waals surface area contributed by atoms with E-state index < -0.39 is 30.3 Å². The third kappa shape index (κ3) is 4.43. The Hall–Kier alpha value is -2.18. The molecule has 0 aromatic carbocycles. The van der Waals surface area contributed by atoms with E-state index >= 15 is 0 Å². The van der Waals surface area contributed by atoms with Crippen LogP contribution in [0.2, 0.25) is 0 Å². The first kappa shape index (κ1) is 18.2. The molecule has 0 aromatic heterocycles. The topological polar surface area (TPSA) is 86.8 Å².